The molecule has 0 spiro atoms. The number of benzene rings is 2. The van der Waals surface area contributed by atoms with Gasteiger partial charge in [0.2, 0.25) is 0 Å². The standard InChI is InChI=1S/C27H33FN4O2/c1-17-8-7-10-22(28)25(17)18-12-19-15-31-24(29)14-21(19)23(13-18)30-16-20-9-5-6-11-32(20)26(33)34-27(2,3)4/h7-8,10,12-15,20,30H,5-6,9,11,16H2,1-4H3,(H2,29,31)/t20-/m0/s1. The lowest BCUT2D eigenvalue weighted by Gasteiger charge is -2.37. The number of halogens is 1. The molecule has 1 aliphatic rings. The highest BCUT2D eigenvalue weighted by molar-refractivity contribution is 5.98. The van der Waals surface area contributed by atoms with Gasteiger partial charge in [-0.25, -0.2) is 14.2 Å². The van der Waals surface area contributed by atoms with Crippen LogP contribution in [0.15, 0.2) is 42.6 Å². The molecule has 1 aromatic heterocycles. The molecule has 1 fully saturated rings. The zero-order valence-electron chi connectivity index (χ0n) is 20.3. The number of aromatic nitrogens is 1. The molecule has 1 aliphatic heterocycles. The number of likely N-dealkylation sites (tertiary alicyclic amines) is 1. The number of aryl methyl sites for hydroxylation is 1. The van der Waals surface area contributed by atoms with Crippen LogP contribution in [0.4, 0.5) is 20.7 Å². The van der Waals surface area contributed by atoms with Crippen LogP contribution in [0.3, 0.4) is 0 Å². The number of rotatable bonds is 4. The van der Waals surface area contributed by atoms with E-state index in [4.69, 9.17) is 10.5 Å². The molecule has 3 aromatic rings. The third-order valence-corrected chi connectivity index (χ3v) is 6.15. The van der Waals surface area contributed by atoms with E-state index in [1.54, 1.807) is 12.3 Å². The first-order valence-corrected chi connectivity index (χ1v) is 11.8. The van der Waals surface area contributed by atoms with E-state index < -0.39 is 5.60 Å². The largest absolute Gasteiger partial charge is 0.444 e. The van der Waals surface area contributed by atoms with Crippen molar-refractivity contribution in [3.63, 3.8) is 0 Å². The molecule has 0 radical (unpaired) electrons. The van der Waals surface area contributed by atoms with Crippen molar-refractivity contribution in [3.05, 3.63) is 54.0 Å². The summed E-state index contributed by atoms with van der Waals surface area (Å²) in [6.45, 7) is 8.76. The first kappa shape index (κ1) is 23.8. The van der Waals surface area contributed by atoms with Gasteiger partial charge < -0.3 is 20.7 Å². The maximum Gasteiger partial charge on any atom is 0.410 e. The van der Waals surface area contributed by atoms with Crippen molar-refractivity contribution in [2.24, 2.45) is 0 Å². The Bertz CT molecular complexity index is 1180. The van der Waals surface area contributed by atoms with Crippen molar-refractivity contribution in [1.29, 1.82) is 0 Å². The molecule has 180 valence electrons. The normalized spacial score (nSPS) is 16.5. The summed E-state index contributed by atoms with van der Waals surface area (Å²) < 4.78 is 20.4. The van der Waals surface area contributed by atoms with E-state index >= 15 is 0 Å². The molecule has 34 heavy (non-hydrogen) atoms. The van der Waals surface area contributed by atoms with Crippen molar-refractivity contribution in [2.45, 2.75) is 58.6 Å². The first-order chi connectivity index (χ1) is 16.1. The molecule has 0 saturated carbocycles. The molecule has 6 nitrogen and oxygen atoms in total. The molecular weight excluding hydrogens is 431 g/mol. The van der Waals surface area contributed by atoms with Crippen LogP contribution in [-0.2, 0) is 4.74 Å². The minimum Gasteiger partial charge on any atom is -0.444 e. The fraction of sp³-hybridized carbons (Fsp3) is 0.407. The summed E-state index contributed by atoms with van der Waals surface area (Å²) in [6, 6.07) is 10.8. The quantitative estimate of drug-likeness (QED) is 0.485. The van der Waals surface area contributed by atoms with E-state index in [9.17, 15) is 9.18 Å². The lowest BCUT2D eigenvalue weighted by Crippen LogP contribution is -2.48. The molecule has 2 aromatic carbocycles. The van der Waals surface area contributed by atoms with Crippen molar-refractivity contribution >= 4 is 28.4 Å². The highest BCUT2D eigenvalue weighted by atomic mass is 19.1. The van der Waals surface area contributed by atoms with Gasteiger partial charge in [-0.05, 0) is 82.3 Å². The number of nitrogens with zero attached hydrogens (tertiary/aromatic N) is 2. The number of nitrogens with two attached hydrogens (primary N) is 1. The first-order valence-electron chi connectivity index (χ1n) is 11.8. The Kier molecular flexibility index (Phi) is 6.64. The van der Waals surface area contributed by atoms with E-state index in [2.05, 4.69) is 10.3 Å². The van der Waals surface area contributed by atoms with Gasteiger partial charge in [0.05, 0.1) is 6.04 Å². The van der Waals surface area contributed by atoms with Crippen molar-refractivity contribution < 1.29 is 13.9 Å². The smallest absolute Gasteiger partial charge is 0.410 e. The predicted octanol–water partition coefficient (Wildman–Crippen LogP) is 6.13. The highest BCUT2D eigenvalue weighted by Gasteiger charge is 2.30. The number of ether oxygens (including phenoxy) is 1. The summed E-state index contributed by atoms with van der Waals surface area (Å²) in [5, 5.41) is 5.30. The Morgan fingerprint density at radius 3 is 2.79 bits per heavy atom. The molecule has 0 unspecified atom stereocenters. The number of anilines is 2. The summed E-state index contributed by atoms with van der Waals surface area (Å²) in [5.74, 6) is 0.149. The van der Waals surface area contributed by atoms with Crippen molar-refractivity contribution in [2.75, 3.05) is 24.1 Å². The molecule has 1 saturated heterocycles. The number of pyridine rings is 1. The van der Waals surface area contributed by atoms with Gasteiger partial charge >= 0.3 is 6.09 Å². The van der Waals surface area contributed by atoms with Crippen LogP contribution >= 0.6 is 0 Å². The zero-order chi connectivity index (χ0) is 24.5. The number of hydrogen-bond donors (Lipinski definition) is 2. The molecule has 4 rings (SSSR count). The van der Waals surface area contributed by atoms with Crippen LogP contribution < -0.4 is 11.1 Å². The van der Waals surface area contributed by atoms with Crippen LogP contribution in [0.1, 0.15) is 45.6 Å². The third-order valence-electron chi connectivity index (χ3n) is 6.15. The summed E-state index contributed by atoms with van der Waals surface area (Å²) in [4.78, 5) is 18.9. The van der Waals surface area contributed by atoms with Crippen LogP contribution in [0.2, 0.25) is 0 Å². The minimum atomic E-state index is -0.542. The van der Waals surface area contributed by atoms with E-state index in [1.165, 1.54) is 6.07 Å². The lowest BCUT2D eigenvalue weighted by atomic mass is 9.96. The Balaban J connectivity index is 1.66. The van der Waals surface area contributed by atoms with Gasteiger partial charge in [0.1, 0.15) is 17.2 Å². The number of hydrogen-bond acceptors (Lipinski definition) is 5. The molecule has 1 atom stereocenters. The number of amides is 1. The average Bonchev–Trinajstić information content (AvgIpc) is 2.76. The fourth-order valence-electron chi connectivity index (χ4n) is 4.56. The summed E-state index contributed by atoms with van der Waals surface area (Å²) in [7, 11) is 0. The Hall–Kier alpha value is -3.35. The number of carbonyl (C=O) groups excluding carboxylic acids is 1. The van der Waals surface area contributed by atoms with Crippen LogP contribution in [0.5, 0.6) is 0 Å². The summed E-state index contributed by atoms with van der Waals surface area (Å²) in [5.41, 5.74) is 8.46. The van der Waals surface area contributed by atoms with Crippen molar-refractivity contribution in [1.82, 2.24) is 9.88 Å². The summed E-state index contributed by atoms with van der Waals surface area (Å²) >= 11 is 0. The van der Waals surface area contributed by atoms with Gasteiger partial charge in [-0.2, -0.15) is 0 Å². The number of carbonyl (C=O) groups is 1. The molecule has 7 heteroatoms. The Morgan fingerprint density at radius 2 is 2.06 bits per heavy atom. The van der Waals surface area contributed by atoms with Gasteiger partial charge in [0.25, 0.3) is 0 Å². The van der Waals surface area contributed by atoms with Gasteiger partial charge in [0, 0.05) is 41.3 Å². The Morgan fingerprint density at radius 1 is 1.26 bits per heavy atom. The highest BCUT2D eigenvalue weighted by Crippen LogP contribution is 2.35. The van der Waals surface area contributed by atoms with E-state index in [-0.39, 0.29) is 18.0 Å². The zero-order valence-corrected chi connectivity index (χ0v) is 20.3. The van der Waals surface area contributed by atoms with E-state index in [0.29, 0.717) is 24.5 Å². The summed E-state index contributed by atoms with van der Waals surface area (Å²) in [6.07, 6.45) is 4.33. The van der Waals surface area contributed by atoms with Gasteiger partial charge in [-0.3, -0.25) is 0 Å². The second kappa shape index (κ2) is 9.49. The number of nitrogens with one attached hydrogen (secondary N) is 1. The SMILES string of the molecule is Cc1cccc(F)c1-c1cc(NC[C@@H]2CCCCN2C(=O)OC(C)(C)C)c2cc(N)ncc2c1. The molecule has 1 amide bonds. The van der Waals surface area contributed by atoms with Gasteiger partial charge in [0.15, 0.2) is 0 Å². The fourth-order valence-corrected chi connectivity index (χ4v) is 4.56. The second-order valence-electron chi connectivity index (χ2n) is 9.99. The molecule has 3 N–H and O–H groups in total. The van der Waals surface area contributed by atoms with E-state index in [0.717, 1.165) is 46.8 Å². The van der Waals surface area contributed by atoms with Crippen LogP contribution in [-0.4, -0.2) is 40.7 Å². The van der Waals surface area contributed by atoms with Crippen LogP contribution in [0, 0.1) is 12.7 Å². The number of fused-ring (bicyclic) bond motifs is 1. The van der Waals surface area contributed by atoms with Gasteiger partial charge in [-0.1, -0.05) is 12.1 Å². The van der Waals surface area contributed by atoms with E-state index in [1.807, 2.05) is 56.9 Å². The number of piperidine rings is 1. The van der Waals surface area contributed by atoms with Crippen molar-refractivity contribution in [3.8, 4) is 11.1 Å². The Labute approximate surface area is 200 Å². The molecule has 0 aliphatic carbocycles. The lowest BCUT2D eigenvalue weighted by molar-refractivity contribution is 0.0114. The molecule has 0 bridgehead atoms. The third kappa shape index (κ3) is 5.24. The maximum absolute atomic E-state index is 14.8. The molecule has 2 heterocycles. The number of nitrogen functional groups attached to an aromatic ring is 1. The maximum atomic E-state index is 14.8. The molecular formula is C27H33FN4O2. The van der Waals surface area contributed by atoms with Gasteiger partial charge in [-0.15, -0.1) is 0 Å². The minimum absolute atomic E-state index is 0.00307. The monoisotopic (exact) mass is 464 g/mol. The predicted molar refractivity (Wildman–Crippen MR) is 135 cm³/mol. The topological polar surface area (TPSA) is 80.5 Å². The van der Waals surface area contributed by atoms with Crippen LogP contribution in [0.25, 0.3) is 21.9 Å². The second-order valence-corrected chi connectivity index (χ2v) is 9.99. The average molecular weight is 465 g/mol.